The molecule has 106 valence electrons. The van der Waals surface area contributed by atoms with Crippen LogP contribution in [-0.2, 0) is 16.1 Å². The first-order chi connectivity index (χ1) is 9.66. The maximum atomic E-state index is 11.3. The molecule has 0 atom stereocenters. The molecule has 0 radical (unpaired) electrons. The van der Waals surface area contributed by atoms with E-state index in [0.717, 1.165) is 13.0 Å². The van der Waals surface area contributed by atoms with E-state index < -0.39 is 5.97 Å². The van der Waals surface area contributed by atoms with Crippen LogP contribution in [0.15, 0.2) is 36.5 Å². The van der Waals surface area contributed by atoms with Crippen LogP contribution in [0, 0.1) is 0 Å². The fourth-order valence-corrected chi connectivity index (χ4v) is 2.12. The highest BCUT2D eigenvalue weighted by atomic mass is 16.4. The van der Waals surface area contributed by atoms with Crippen molar-refractivity contribution in [3.8, 4) is 0 Å². The van der Waals surface area contributed by atoms with E-state index >= 15 is 0 Å². The molecule has 0 saturated carbocycles. The molecular weight excluding hydrogens is 256 g/mol. The number of hydrogen-bond acceptors (Lipinski definition) is 2. The van der Waals surface area contributed by atoms with E-state index in [0.29, 0.717) is 6.54 Å². The zero-order chi connectivity index (χ0) is 14.4. The van der Waals surface area contributed by atoms with Crippen LogP contribution >= 0.6 is 0 Å². The summed E-state index contributed by atoms with van der Waals surface area (Å²) in [6.07, 6.45) is 2.78. The van der Waals surface area contributed by atoms with E-state index in [1.807, 2.05) is 18.3 Å². The molecule has 5 heteroatoms. The maximum Gasteiger partial charge on any atom is 0.303 e. The zero-order valence-electron chi connectivity index (χ0n) is 11.2. The minimum Gasteiger partial charge on any atom is -0.481 e. The Morgan fingerprint density at radius 2 is 1.95 bits per heavy atom. The Morgan fingerprint density at radius 1 is 1.15 bits per heavy atom. The monoisotopic (exact) mass is 274 g/mol. The number of para-hydroxylation sites is 1. The maximum absolute atomic E-state index is 11.3. The summed E-state index contributed by atoms with van der Waals surface area (Å²) in [6.45, 7) is 1.39. The molecule has 1 heterocycles. The van der Waals surface area contributed by atoms with Gasteiger partial charge in [-0.2, -0.15) is 0 Å². The van der Waals surface area contributed by atoms with Crippen molar-refractivity contribution in [1.29, 1.82) is 0 Å². The van der Waals surface area contributed by atoms with Crippen LogP contribution in [0.5, 0.6) is 0 Å². The minimum absolute atomic E-state index is 0.0434. The lowest BCUT2D eigenvalue weighted by Gasteiger charge is -2.07. The number of aliphatic carboxylic acids is 1. The SMILES string of the molecule is O=C(O)CCC(=O)NCCCn1ccc2ccccc21. The van der Waals surface area contributed by atoms with E-state index in [1.165, 1.54) is 10.9 Å². The lowest BCUT2D eigenvalue weighted by molar-refractivity contribution is -0.138. The second-order valence-electron chi connectivity index (χ2n) is 4.67. The number of nitrogens with one attached hydrogen (secondary N) is 1. The van der Waals surface area contributed by atoms with Crippen molar-refractivity contribution in [2.45, 2.75) is 25.8 Å². The number of aromatic nitrogens is 1. The van der Waals surface area contributed by atoms with Crippen molar-refractivity contribution in [1.82, 2.24) is 9.88 Å². The molecule has 5 nitrogen and oxygen atoms in total. The van der Waals surface area contributed by atoms with Crippen molar-refractivity contribution in [2.75, 3.05) is 6.54 Å². The number of carbonyl (C=O) groups excluding carboxylic acids is 1. The second-order valence-corrected chi connectivity index (χ2v) is 4.67. The van der Waals surface area contributed by atoms with Gasteiger partial charge in [-0.1, -0.05) is 18.2 Å². The highest BCUT2D eigenvalue weighted by Crippen LogP contribution is 2.15. The van der Waals surface area contributed by atoms with Crippen LogP contribution < -0.4 is 5.32 Å². The third-order valence-electron chi connectivity index (χ3n) is 3.14. The number of carbonyl (C=O) groups is 2. The van der Waals surface area contributed by atoms with Gasteiger partial charge in [-0.3, -0.25) is 9.59 Å². The number of nitrogens with zero attached hydrogens (tertiary/aromatic N) is 1. The third-order valence-corrected chi connectivity index (χ3v) is 3.14. The van der Waals surface area contributed by atoms with Crippen molar-refractivity contribution >= 4 is 22.8 Å². The molecule has 1 aromatic carbocycles. The Bertz CT molecular complexity index is 604. The Kier molecular flexibility index (Phi) is 4.76. The van der Waals surface area contributed by atoms with Crippen LogP contribution in [0.4, 0.5) is 0 Å². The molecule has 2 N–H and O–H groups in total. The molecule has 0 aliphatic heterocycles. The van der Waals surface area contributed by atoms with Gasteiger partial charge in [0.15, 0.2) is 0 Å². The normalized spacial score (nSPS) is 10.6. The molecule has 2 rings (SSSR count). The summed E-state index contributed by atoms with van der Waals surface area (Å²) >= 11 is 0. The average molecular weight is 274 g/mol. The van der Waals surface area contributed by atoms with E-state index in [1.54, 1.807) is 0 Å². The van der Waals surface area contributed by atoms with Crippen LogP contribution in [0.25, 0.3) is 10.9 Å². The van der Waals surface area contributed by atoms with Crippen molar-refractivity contribution in [3.05, 3.63) is 36.5 Å². The molecule has 20 heavy (non-hydrogen) atoms. The third kappa shape index (κ3) is 3.85. The van der Waals surface area contributed by atoms with Gasteiger partial charge in [0.05, 0.1) is 6.42 Å². The number of aryl methyl sites for hydroxylation is 1. The van der Waals surface area contributed by atoms with Gasteiger partial charge in [-0.25, -0.2) is 0 Å². The molecule has 0 spiro atoms. The largest absolute Gasteiger partial charge is 0.481 e. The number of fused-ring (bicyclic) bond motifs is 1. The van der Waals surface area contributed by atoms with Gasteiger partial charge in [0, 0.05) is 31.2 Å². The van der Waals surface area contributed by atoms with Crippen molar-refractivity contribution in [2.24, 2.45) is 0 Å². The average Bonchev–Trinajstić information content (AvgIpc) is 2.85. The number of carboxylic acid groups (broad SMARTS) is 1. The highest BCUT2D eigenvalue weighted by Gasteiger charge is 2.04. The molecule has 1 aromatic heterocycles. The van der Waals surface area contributed by atoms with Crippen molar-refractivity contribution < 1.29 is 14.7 Å². The van der Waals surface area contributed by atoms with Crippen LogP contribution in [0.3, 0.4) is 0 Å². The zero-order valence-corrected chi connectivity index (χ0v) is 11.2. The van der Waals surface area contributed by atoms with Crippen LogP contribution in [-0.4, -0.2) is 28.1 Å². The van der Waals surface area contributed by atoms with Crippen molar-refractivity contribution in [3.63, 3.8) is 0 Å². The van der Waals surface area contributed by atoms with Gasteiger partial charge in [0.2, 0.25) is 5.91 Å². The van der Waals surface area contributed by atoms with E-state index in [-0.39, 0.29) is 18.7 Å². The number of amides is 1. The van der Waals surface area contributed by atoms with Gasteiger partial charge >= 0.3 is 5.97 Å². The molecule has 0 bridgehead atoms. The van der Waals surface area contributed by atoms with E-state index in [9.17, 15) is 9.59 Å². The number of hydrogen-bond donors (Lipinski definition) is 2. The van der Waals surface area contributed by atoms with E-state index in [2.05, 4.69) is 28.1 Å². The molecular formula is C15H18N2O3. The predicted octanol–water partition coefficient (Wildman–Crippen LogP) is 2.01. The molecule has 2 aromatic rings. The minimum atomic E-state index is -0.945. The Labute approximate surface area is 117 Å². The summed E-state index contributed by atoms with van der Waals surface area (Å²) in [5.41, 5.74) is 1.18. The summed E-state index contributed by atoms with van der Waals surface area (Å²) in [6, 6.07) is 10.2. The fraction of sp³-hybridized carbons (Fsp3) is 0.333. The Hall–Kier alpha value is -2.30. The standard InChI is InChI=1S/C15H18N2O3/c18-14(6-7-15(19)20)16-9-3-10-17-11-8-12-4-1-2-5-13(12)17/h1-2,4-5,8,11H,3,6-7,9-10H2,(H,16,18)(H,19,20). The predicted molar refractivity (Wildman–Crippen MR) is 76.4 cm³/mol. The van der Waals surface area contributed by atoms with Gasteiger partial charge in [-0.15, -0.1) is 0 Å². The van der Waals surface area contributed by atoms with Gasteiger partial charge in [-0.05, 0) is 23.9 Å². The summed E-state index contributed by atoms with van der Waals surface area (Å²) in [5, 5.41) is 12.4. The number of rotatable bonds is 7. The van der Waals surface area contributed by atoms with Gasteiger partial charge in [0.1, 0.15) is 0 Å². The van der Waals surface area contributed by atoms with Gasteiger partial charge < -0.3 is 15.0 Å². The topological polar surface area (TPSA) is 71.3 Å². The van der Waals surface area contributed by atoms with Gasteiger partial charge in [0.25, 0.3) is 0 Å². The summed E-state index contributed by atoms with van der Waals surface area (Å²) in [5.74, 6) is -1.15. The Balaban J connectivity index is 1.73. The molecule has 0 unspecified atom stereocenters. The molecule has 0 aliphatic carbocycles. The first kappa shape index (κ1) is 14.1. The number of carboxylic acids is 1. The van der Waals surface area contributed by atoms with Crippen LogP contribution in [0.1, 0.15) is 19.3 Å². The summed E-state index contributed by atoms with van der Waals surface area (Å²) in [7, 11) is 0. The fourth-order valence-electron chi connectivity index (χ4n) is 2.12. The smallest absolute Gasteiger partial charge is 0.303 e. The highest BCUT2D eigenvalue weighted by molar-refractivity contribution is 5.80. The molecule has 0 fully saturated rings. The molecule has 1 amide bonds. The lowest BCUT2D eigenvalue weighted by Crippen LogP contribution is -2.25. The first-order valence-corrected chi connectivity index (χ1v) is 6.69. The second kappa shape index (κ2) is 6.75. The quantitative estimate of drug-likeness (QED) is 0.759. The molecule has 0 saturated heterocycles. The summed E-state index contributed by atoms with van der Waals surface area (Å²) < 4.78 is 2.15. The van der Waals surface area contributed by atoms with E-state index in [4.69, 9.17) is 5.11 Å². The molecule has 0 aliphatic rings. The summed E-state index contributed by atoms with van der Waals surface area (Å²) in [4.78, 5) is 21.7. The number of benzene rings is 1. The van der Waals surface area contributed by atoms with Crippen LogP contribution in [0.2, 0.25) is 0 Å². The first-order valence-electron chi connectivity index (χ1n) is 6.69. The lowest BCUT2D eigenvalue weighted by atomic mass is 10.2. The Morgan fingerprint density at radius 3 is 2.75 bits per heavy atom.